The summed E-state index contributed by atoms with van der Waals surface area (Å²) < 4.78 is 0. The quantitative estimate of drug-likeness (QED) is 0.361. The van der Waals surface area contributed by atoms with Gasteiger partial charge in [0.2, 0.25) is 0 Å². The van der Waals surface area contributed by atoms with Crippen LogP contribution in [0.4, 0.5) is 17.1 Å². The van der Waals surface area contributed by atoms with E-state index in [0.29, 0.717) is 16.4 Å². The van der Waals surface area contributed by atoms with Gasteiger partial charge in [-0.15, -0.1) is 0 Å². The van der Waals surface area contributed by atoms with Crippen LogP contribution < -0.4 is 16.4 Å². The monoisotopic (exact) mass is 362 g/mol. The van der Waals surface area contributed by atoms with Crippen molar-refractivity contribution in [1.29, 1.82) is 5.26 Å². The van der Waals surface area contributed by atoms with Crippen LogP contribution in [0, 0.1) is 11.3 Å². The largest absolute Gasteiger partial charge is 0.398 e. The number of nitrogens with zero attached hydrogens (tertiary/aromatic N) is 1. The molecule has 0 heterocycles. The number of nitrogen functional groups attached to an aromatic ring is 1. The van der Waals surface area contributed by atoms with E-state index >= 15 is 0 Å². The lowest BCUT2D eigenvalue weighted by atomic mass is 10.1. The van der Waals surface area contributed by atoms with Crippen LogP contribution in [0.3, 0.4) is 0 Å². The zero-order valence-electron chi connectivity index (χ0n) is 13.7. The molecule has 0 atom stereocenters. The van der Waals surface area contributed by atoms with Crippen molar-refractivity contribution in [2.24, 2.45) is 0 Å². The van der Waals surface area contributed by atoms with E-state index in [0.717, 1.165) is 16.5 Å². The Labute approximate surface area is 155 Å². The van der Waals surface area contributed by atoms with E-state index in [1.165, 1.54) is 12.3 Å². The fourth-order valence-corrected chi connectivity index (χ4v) is 2.63. The third-order valence-electron chi connectivity index (χ3n) is 3.79. The van der Waals surface area contributed by atoms with Gasteiger partial charge < -0.3 is 16.4 Å². The number of amides is 1. The first-order valence-electron chi connectivity index (χ1n) is 7.79. The van der Waals surface area contributed by atoms with Gasteiger partial charge in [-0.25, -0.2) is 0 Å². The molecule has 0 fully saturated rings. The minimum atomic E-state index is -0.541. The molecule has 26 heavy (non-hydrogen) atoms. The van der Waals surface area contributed by atoms with Crippen molar-refractivity contribution in [3.63, 3.8) is 0 Å². The van der Waals surface area contributed by atoms with E-state index < -0.39 is 5.91 Å². The number of nitrogens with two attached hydrogens (primary N) is 1. The van der Waals surface area contributed by atoms with Gasteiger partial charge >= 0.3 is 0 Å². The van der Waals surface area contributed by atoms with Crippen molar-refractivity contribution in [3.8, 4) is 6.07 Å². The number of nitriles is 1. The van der Waals surface area contributed by atoms with Gasteiger partial charge in [-0.05, 0) is 29.7 Å². The number of anilines is 3. The van der Waals surface area contributed by atoms with Crippen LogP contribution in [0.5, 0.6) is 0 Å². The summed E-state index contributed by atoms with van der Waals surface area (Å²) in [6, 6.07) is 20.2. The molecule has 6 heteroatoms. The molecule has 0 radical (unpaired) electrons. The van der Waals surface area contributed by atoms with Gasteiger partial charge in [0.25, 0.3) is 5.91 Å². The van der Waals surface area contributed by atoms with Gasteiger partial charge in [0.1, 0.15) is 11.6 Å². The first-order chi connectivity index (χ1) is 12.6. The molecule has 0 aromatic heterocycles. The van der Waals surface area contributed by atoms with E-state index in [1.807, 2.05) is 48.5 Å². The topological polar surface area (TPSA) is 90.9 Å². The fraction of sp³-hybridized carbons (Fsp3) is 0. The highest BCUT2D eigenvalue weighted by Gasteiger charge is 2.10. The number of benzene rings is 3. The molecule has 128 valence electrons. The molecule has 0 spiro atoms. The van der Waals surface area contributed by atoms with Crippen molar-refractivity contribution < 1.29 is 4.79 Å². The summed E-state index contributed by atoms with van der Waals surface area (Å²) >= 11 is 5.94. The molecule has 3 aromatic carbocycles. The Morgan fingerprint density at radius 3 is 2.65 bits per heavy atom. The average Bonchev–Trinajstić information content (AvgIpc) is 2.65. The van der Waals surface area contributed by atoms with Crippen LogP contribution in [0.2, 0.25) is 5.02 Å². The average molecular weight is 363 g/mol. The van der Waals surface area contributed by atoms with Crippen molar-refractivity contribution in [3.05, 3.63) is 77.5 Å². The van der Waals surface area contributed by atoms with Crippen molar-refractivity contribution in [2.45, 2.75) is 0 Å². The standard InChI is InChI=1S/C20H15ClN4O/c21-17-10-15(8-9-18(17)23)25-20(26)14(11-22)12-24-19-7-3-5-13-4-1-2-6-16(13)19/h1-10,12,24H,23H2,(H,25,26)/b14-12-. The van der Waals surface area contributed by atoms with E-state index in [9.17, 15) is 10.1 Å². The van der Waals surface area contributed by atoms with Crippen molar-refractivity contribution >= 4 is 45.3 Å². The number of hydrogen-bond donors (Lipinski definition) is 3. The number of carbonyl (C=O) groups excluding carboxylic acids is 1. The Balaban J connectivity index is 1.80. The van der Waals surface area contributed by atoms with Gasteiger partial charge in [0.15, 0.2) is 0 Å². The predicted molar refractivity (Wildman–Crippen MR) is 106 cm³/mol. The first kappa shape index (κ1) is 17.3. The van der Waals surface area contributed by atoms with Gasteiger partial charge in [0, 0.05) is 23.0 Å². The van der Waals surface area contributed by atoms with Crippen LogP contribution in [-0.2, 0) is 4.79 Å². The van der Waals surface area contributed by atoms with Crippen LogP contribution in [0.1, 0.15) is 0 Å². The smallest absolute Gasteiger partial charge is 0.267 e. The number of rotatable bonds is 4. The molecule has 1 amide bonds. The molecule has 0 saturated heterocycles. The third kappa shape index (κ3) is 3.77. The third-order valence-corrected chi connectivity index (χ3v) is 4.11. The van der Waals surface area contributed by atoms with E-state index in [-0.39, 0.29) is 5.57 Å². The second-order valence-corrected chi connectivity index (χ2v) is 5.94. The molecule has 0 saturated carbocycles. The molecule has 0 bridgehead atoms. The highest BCUT2D eigenvalue weighted by Crippen LogP contribution is 2.24. The molecule has 0 aliphatic rings. The molecule has 0 aliphatic carbocycles. The number of fused-ring (bicyclic) bond motifs is 1. The molecule has 0 unspecified atom stereocenters. The van der Waals surface area contributed by atoms with E-state index in [1.54, 1.807) is 12.1 Å². The lowest BCUT2D eigenvalue weighted by Crippen LogP contribution is -2.14. The second kappa shape index (κ2) is 7.60. The highest BCUT2D eigenvalue weighted by molar-refractivity contribution is 6.33. The van der Waals surface area contributed by atoms with Gasteiger partial charge in [-0.3, -0.25) is 4.79 Å². The van der Waals surface area contributed by atoms with Crippen LogP contribution in [0.15, 0.2) is 72.4 Å². The zero-order valence-corrected chi connectivity index (χ0v) is 14.4. The minimum Gasteiger partial charge on any atom is -0.398 e. The molecular weight excluding hydrogens is 348 g/mol. The lowest BCUT2D eigenvalue weighted by Gasteiger charge is -2.08. The fourth-order valence-electron chi connectivity index (χ4n) is 2.45. The number of nitrogens with one attached hydrogen (secondary N) is 2. The SMILES string of the molecule is N#C/C(=C/Nc1cccc2ccccc12)C(=O)Nc1ccc(N)c(Cl)c1. The lowest BCUT2D eigenvalue weighted by molar-refractivity contribution is -0.112. The van der Waals surface area contributed by atoms with Gasteiger partial charge in [0.05, 0.1) is 10.7 Å². The maximum absolute atomic E-state index is 12.3. The Morgan fingerprint density at radius 1 is 1.12 bits per heavy atom. The van der Waals surface area contributed by atoms with Crippen LogP contribution >= 0.6 is 11.6 Å². The number of hydrogen-bond acceptors (Lipinski definition) is 4. The van der Waals surface area contributed by atoms with Gasteiger partial charge in [-0.1, -0.05) is 48.0 Å². The van der Waals surface area contributed by atoms with Crippen molar-refractivity contribution in [2.75, 3.05) is 16.4 Å². The summed E-state index contributed by atoms with van der Waals surface area (Å²) in [6.07, 6.45) is 1.38. The van der Waals surface area contributed by atoms with E-state index in [2.05, 4.69) is 10.6 Å². The van der Waals surface area contributed by atoms with E-state index in [4.69, 9.17) is 17.3 Å². The molecule has 3 aromatic rings. The zero-order chi connectivity index (χ0) is 18.5. The maximum atomic E-state index is 12.3. The summed E-state index contributed by atoms with van der Waals surface area (Å²) in [5.41, 5.74) is 7.26. The summed E-state index contributed by atoms with van der Waals surface area (Å²) in [5.74, 6) is -0.541. The van der Waals surface area contributed by atoms with Crippen LogP contribution in [0.25, 0.3) is 10.8 Å². The minimum absolute atomic E-state index is 0.0640. The Morgan fingerprint density at radius 2 is 1.88 bits per heavy atom. The summed E-state index contributed by atoms with van der Waals surface area (Å²) in [6.45, 7) is 0. The van der Waals surface area contributed by atoms with Gasteiger partial charge in [-0.2, -0.15) is 5.26 Å². The molecular formula is C20H15ClN4O. The molecule has 4 N–H and O–H groups in total. The summed E-state index contributed by atoms with van der Waals surface area (Å²) in [5, 5.41) is 17.3. The molecule has 5 nitrogen and oxygen atoms in total. The number of halogens is 1. The van der Waals surface area contributed by atoms with Crippen LogP contribution in [-0.4, -0.2) is 5.91 Å². The van der Waals surface area contributed by atoms with Crippen molar-refractivity contribution in [1.82, 2.24) is 0 Å². The second-order valence-electron chi connectivity index (χ2n) is 5.53. The maximum Gasteiger partial charge on any atom is 0.267 e. The highest BCUT2D eigenvalue weighted by atomic mass is 35.5. The Kier molecular flexibility index (Phi) is 5.07. The summed E-state index contributed by atoms with van der Waals surface area (Å²) in [7, 11) is 0. The molecule has 0 aliphatic heterocycles. The number of carbonyl (C=O) groups is 1. The first-order valence-corrected chi connectivity index (χ1v) is 8.17. The Hall–Kier alpha value is -3.49. The molecule has 3 rings (SSSR count). The predicted octanol–water partition coefficient (Wildman–Crippen LogP) is 4.53. The normalized spacial score (nSPS) is 11.0. The summed E-state index contributed by atoms with van der Waals surface area (Å²) in [4.78, 5) is 12.3. The Bertz CT molecular complexity index is 1050.